The van der Waals surface area contributed by atoms with Gasteiger partial charge in [0.15, 0.2) is 50.3 Å². The fourth-order valence-corrected chi connectivity index (χ4v) is 10.7. The molecular weight excluding hydrogens is 1140 g/mol. The average Bonchev–Trinajstić information content (AvgIpc) is 3.20. The monoisotopic (exact) mass is 1220 g/mol. The highest BCUT2D eigenvalue weighted by molar-refractivity contribution is 5.00. The summed E-state index contributed by atoms with van der Waals surface area (Å²) >= 11 is 0. The molecule has 22 N–H and O–H groups in total. The van der Waals surface area contributed by atoms with Crippen molar-refractivity contribution in [1.29, 1.82) is 0 Å². The average molecular weight is 1220 g/mol. The molecule has 37 heteroatoms. The molecule has 0 amide bonds. The lowest BCUT2D eigenvalue weighted by atomic mass is 9.95. The van der Waals surface area contributed by atoms with Crippen LogP contribution in [0.3, 0.4) is 0 Å². The van der Waals surface area contributed by atoms with Crippen LogP contribution in [0.2, 0.25) is 0 Å². The first kappa shape index (κ1) is 67.5. The van der Waals surface area contributed by atoms with E-state index in [4.69, 9.17) is 71.1 Å². The Morgan fingerprint density at radius 3 is 1.31 bits per heavy atom. The van der Waals surface area contributed by atoms with Crippen molar-refractivity contribution in [2.45, 2.75) is 247 Å². The smallest absolute Gasteiger partial charge is 0.187 e. The maximum atomic E-state index is 11.7. The second-order valence-electron chi connectivity index (χ2n) is 21.5. The predicted molar refractivity (Wildman–Crippen MR) is 250 cm³/mol. The third kappa shape index (κ3) is 14.1. The molecule has 8 saturated heterocycles. The van der Waals surface area contributed by atoms with E-state index in [1.807, 2.05) is 0 Å². The molecular formula is C46H78O37. The number of aliphatic hydroxyl groups is 22. The highest BCUT2D eigenvalue weighted by Gasteiger charge is 2.58. The molecule has 484 valence electrons. The summed E-state index contributed by atoms with van der Waals surface area (Å²) in [7, 11) is 0. The van der Waals surface area contributed by atoms with Gasteiger partial charge in [0.05, 0.1) is 51.8 Å². The van der Waals surface area contributed by atoms with Gasteiger partial charge in [-0.25, -0.2) is 0 Å². The Bertz CT molecular complexity index is 1990. The Labute approximate surface area is 469 Å². The maximum Gasteiger partial charge on any atom is 0.187 e. The van der Waals surface area contributed by atoms with Gasteiger partial charge in [-0.15, -0.1) is 0 Å². The normalized spacial score (nSPS) is 54.8. The van der Waals surface area contributed by atoms with Crippen molar-refractivity contribution in [3.05, 3.63) is 0 Å². The molecule has 8 fully saturated rings. The van der Waals surface area contributed by atoms with Gasteiger partial charge in [-0.1, -0.05) is 0 Å². The summed E-state index contributed by atoms with van der Waals surface area (Å²) in [4.78, 5) is 0. The summed E-state index contributed by atoms with van der Waals surface area (Å²) in [5.41, 5.74) is 0. The van der Waals surface area contributed by atoms with Crippen molar-refractivity contribution >= 4 is 0 Å². The van der Waals surface area contributed by atoms with Crippen molar-refractivity contribution in [2.75, 3.05) is 39.6 Å². The van der Waals surface area contributed by atoms with Crippen LogP contribution in [0.1, 0.15) is 13.8 Å². The Balaban J connectivity index is 0.909. The van der Waals surface area contributed by atoms with Gasteiger partial charge in [-0.2, -0.15) is 0 Å². The molecule has 8 aliphatic rings. The molecule has 0 aliphatic carbocycles. The largest absolute Gasteiger partial charge is 0.394 e. The van der Waals surface area contributed by atoms with Crippen LogP contribution in [0.5, 0.6) is 0 Å². The van der Waals surface area contributed by atoms with Crippen molar-refractivity contribution < 1.29 is 183 Å². The van der Waals surface area contributed by atoms with E-state index < -0.39 is 273 Å². The van der Waals surface area contributed by atoms with E-state index in [2.05, 4.69) is 0 Å². The molecule has 8 rings (SSSR count). The van der Waals surface area contributed by atoms with Gasteiger partial charge in [0.2, 0.25) is 0 Å². The molecule has 0 aromatic heterocycles. The number of aliphatic hydroxyl groups excluding tert-OH is 22. The summed E-state index contributed by atoms with van der Waals surface area (Å²) in [5.74, 6) is 0. The lowest BCUT2D eigenvalue weighted by Crippen LogP contribution is -2.68. The lowest BCUT2D eigenvalue weighted by molar-refractivity contribution is -0.396. The van der Waals surface area contributed by atoms with Gasteiger partial charge in [0, 0.05) is 0 Å². The van der Waals surface area contributed by atoms with E-state index in [-0.39, 0.29) is 0 Å². The van der Waals surface area contributed by atoms with Gasteiger partial charge in [-0.05, 0) is 13.8 Å². The fraction of sp³-hybridized carbons (Fsp3) is 1.00. The summed E-state index contributed by atoms with van der Waals surface area (Å²) in [6, 6.07) is 0. The van der Waals surface area contributed by atoms with Gasteiger partial charge < -0.3 is 183 Å². The number of rotatable bonds is 18. The van der Waals surface area contributed by atoms with E-state index in [1.54, 1.807) is 0 Å². The predicted octanol–water partition coefficient (Wildman–Crippen LogP) is -15.1. The van der Waals surface area contributed by atoms with E-state index in [1.165, 1.54) is 13.8 Å². The molecule has 0 aromatic carbocycles. The van der Waals surface area contributed by atoms with Crippen LogP contribution in [-0.4, -0.2) is 385 Å². The molecule has 0 unspecified atom stereocenters. The van der Waals surface area contributed by atoms with Gasteiger partial charge in [-0.3, -0.25) is 0 Å². The Morgan fingerprint density at radius 1 is 0.301 bits per heavy atom. The Hall–Kier alpha value is -1.48. The van der Waals surface area contributed by atoms with Crippen LogP contribution in [0, 0.1) is 0 Å². The van der Waals surface area contributed by atoms with Crippen LogP contribution < -0.4 is 0 Å². The molecule has 37 nitrogen and oxygen atoms in total. The van der Waals surface area contributed by atoms with Crippen LogP contribution in [0.15, 0.2) is 0 Å². The third-order valence-electron chi connectivity index (χ3n) is 15.8. The quantitative estimate of drug-likeness (QED) is 0.0606. The minimum absolute atomic E-state index is 0.442. The topological polar surface area (TPSA) is 584 Å². The van der Waals surface area contributed by atoms with E-state index >= 15 is 0 Å². The molecule has 0 saturated carbocycles. The second-order valence-corrected chi connectivity index (χ2v) is 21.5. The van der Waals surface area contributed by atoms with Crippen LogP contribution in [-0.2, 0) is 71.1 Å². The van der Waals surface area contributed by atoms with Crippen molar-refractivity contribution in [2.24, 2.45) is 0 Å². The second kappa shape index (κ2) is 28.6. The van der Waals surface area contributed by atoms with Crippen molar-refractivity contribution in [1.82, 2.24) is 0 Å². The molecule has 0 radical (unpaired) electrons. The highest BCUT2D eigenvalue weighted by Crippen LogP contribution is 2.37. The van der Waals surface area contributed by atoms with E-state index in [0.717, 1.165) is 0 Å². The number of hydrogen-bond acceptors (Lipinski definition) is 37. The van der Waals surface area contributed by atoms with Gasteiger partial charge >= 0.3 is 0 Å². The van der Waals surface area contributed by atoms with Crippen molar-refractivity contribution in [3.8, 4) is 0 Å². The van der Waals surface area contributed by atoms with E-state index in [9.17, 15) is 112 Å². The SMILES string of the molecule is C[C@@H]1O[C@@H](OC[C@H]2O[C@@H](O[C@@H]3[C@@H](O)[C@H](O[C@H]4[C@H](O)[C@@H](O)[C@H](O[C@@H]5CO[C@@H](O[C@@H]6[C@@H](O)[C@H](C)O[C@@H](O[C@@H]7[C@@H](O)[C@@H](O)CO[C@H]7O)[C@@H]6O)[C@H](O)[C@@H]5O)O[C@@H]4CO)O[C@H](CO)[C@H]3O)[C@H](O)[C@@H](O)[C@@H]2O[C@@H]2O[C@H](CO)[C@@H](O)[C@H](O)[C@H]2O)[C@H](O)[C@H](O)[C@H]1O. The summed E-state index contributed by atoms with van der Waals surface area (Å²) in [6.45, 7) is -2.30. The van der Waals surface area contributed by atoms with Gasteiger partial charge in [0.25, 0.3) is 0 Å². The molecule has 38 atom stereocenters. The van der Waals surface area contributed by atoms with Crippen LogP contribution in [0.4, 0.5) is 0 Å². The first-order chi connectivity index (χ1) is 39.2. The fourth-order valence-electron chi connectivity index (χ4n) is 10.7. The molecule has 0 spiro atoms. The highest BCUT2D eigenvalue weighted by atomic mass is 16.8. The zero-order chi connectivity index (χ0) is 60.8. The zero-order valence-corrected chi connectivity index (χ0v) is 44.1. The maximum absolute atomic E-state index is 11.7. The minimum Gasteiger partial charge on any atom is -0.394 e. The molecule has 0 aromatic rings. The first-order valence-corrected chi connectivity index (χ1v) is 26.7. The van der Waals surface area contributed by atoms with Gasteiger partial charge in [0.1, 0.15) is 171 Å². The minimum atomic E-state index is -2.27. The lowest BCUT2D eigenvalue weighted by Gasteiger charge is -2.49. The van der Waals surface area contributed by atoms with Crippen LogP contribution >= 0.6 is 0 Å². The molecule has 83 heavy (non-hydrogen) atoms. The molecule has 8 heterocycles. The zero-order valence-electron chi connectivity index (χ0n) is 44.1. The van der Waals surface area contributed by atoms with Crippen LogP contribution in [0.25, 0.3) is 0 Å². The number of hydrogen-bond donors (Lipinski definition) is 22. The number of ether oxygens (including phenoxy) is 15. The summed E-state index contributed by atoms with van der Waals surface area (Å²) in [5, 5.41) is 237. The summed E-state index contributed by atoms with van der Waals surface area (Å²) < 4.78 is 84.1. The summed E-state index contributed by atoms with van der Waals surface area (Å²) in [6.07, 6.45) is -70.3. The first-order valence-electron chi connectivity index (χ1n) is 26.7. The third-order valence-corrected chi connectivity index (χ3v) is 15.8. The van der Waals surface area contributed by atoms with Crippen molar-refractivity contribution in [3.63, 3.8) is 0 Å². The Kier molecular flexibility index (Phi) is 23.2. The standard InChI is InChI=1S/C46H78O37/c1-9-17(51)23(57)28(62)40(72-9)71-8-16-35(80-43-29(63)24(58)20(54)12(3-47)74-43)26(60)31(65)44(78-16)82-37-22(56)13(4-48)75-46(33(37)67)79-34-14(5-49)76-42(30(64)25(34)59)77-15-7-70-41(27(61)21(15)55)81-36-18(52)10(2)73-45(32(36)66)83-38-19(53)11(50)6-69-39(38)68/h9-68H,3-8H2,1-2H3/t9-,10-,11-,12+,13+,14+,15+,16+,17-,18-,19-,20+,21+,22+,23+,24-,25+,26+,27+,28+,29+,30+,31+,32+,33+,34+,35+,36+,37-,38+,39+,40+,41-,42-,43-,44-,45-,46-/m0/s1. The Morgan fingerprint density at radius 2 is 0.711 bits per heavy atom. The molecule has 0 bridgehead atoms. The van der Waals surface area contributed by atoms with E-state index in [0.29, 0.717) is 0 Å². The molecule has 8 aliphatic heterocycles.